The Morgan fingerprint density at radius 3 is 2.65 bits per heavy atom. The van der Waals surface area contributed by atoms with Crippen molar-refractivity contribution in [1.82, 2.24) is 5.32 Å². The molecule has 98 valence electrons. The largest absolute Gasteiger partial charge is 0.307 e. The maximum atomic E-state index is 11.0. The van der Waals surface area contributed by atoms with E-state index in [2.05, 4.69) is 39.1 Å². The van der Waals surface area contributed by atoms with Crippen LogP contribution in [0.25, 0.3) is 0 Å². The fourth-order valence-corrected chi connectivity index (χ4v) is 2.63. The van der Waals surface area contributed by atoms with Gasteiger partial charge in [-0.3, -0.25) is 4.79 Å². The molecule has 17 heavy (non-hydrogen) atoms. The van der Waals surface area contributed by atoms with Crippen LogP contribution in [-0.4, -0.2) is 18.4 Å². The molecule has 1 aliphatic carbocycles. The third-order valence-electron chi connectivity index (χ3n) is 4.05. The van der Waals surface area contributed by atoms with Crippen LogP contribution in [0.15, 0.2) is 11.6 Å². The summed E-state index contributed by atoms with van der Waals surface area (Å²) in [6, 6.07) is 0.373. The topological polar surface area (TPSA) is 29.1 Å². The van der Waals surface area contributed by atoms with Crippen molar-refractivity contribution in [1.29, 1.82) is 0 Å². The van der Waals surface area contributed by atoms with Gasteiger partial charge in [-0.1, -0.05) is 32.4 Å². The predicted octanol–water partition coefficient (Wildman–Crippen LogP) is 3.18. The molecule has 0 aliphatic heterocycles. The van der Waals surface area contributed by atoms with E-state index < -0.39 is 0 Å². The normalized spacial score (nSPS) is 28.4. The third-order valence-corrected chi connectivity index (χ3v) is 4.05. The van der Waals surface area contributed by atoms with Gasteiger partial charge in [-0.05, 0) is 44.4 Å². The highest BCUT2D eigenvalue weighted by atomic mass is 16.1. The lowest BCUT2D eigenvalue weighted by Crippen LogP contribution is -2.37. The first-order valence-electron chi connectivity index (χ1n) is 6.86. The molecular weight excluding hydrogens is 210 g/mol. The van der Waals surface area contributed by atoms with Crippen molar-refractivity contribution >= 4 is 5.78 Å². The van der Waals surface area contributed by atoms with Gasteiger partial charge in [-0.25, -0.2) is 0 Å². The molecule has 2 nitrogen and oxygen atoms in total. The predicted molar refractivity (Wildman–Crippen MR) is 73.0 cm³/mol. The number of allylic oxidation sites excluding steroid dienone is 1. The molecule has 0 aromatic heterocycles. The highest BCUT2D eigenvalue weighted by Gasteiger charge is 2.24. The van der Waals surface area contributed by atoms with Crippen LogP contribution in [0, 0.1) is 17.8 Å². The van der Waals surface area contributed by atoms with E-state index in [9.17, 15) is 4.79 Å². The minimum atomic E-state index is 0.211. The first-order valence-corrected chi connectivity index (χ1v) is 6.86. The highest BCUT2D eigenvalue weighted by molar-refractivity contribution is 5.77. The van der Waals surface area contributed by atoms with Crippen LogP contribution >= 0.6 is 0 Å². The summed E-state index contributed by atoms with van der Waals surface area (Å²) < 4.78 is 0. The molecule has 4 unspecified atom stereocenters. The molecule has 0 fully saturated rings. The highest BCUT2D eigenvalue weighted by Crippen LogP contribution is 2.33. The SMILES string of the molecule is CC(=O)CNC(C)C(C)C1=CC(C)CCC1C. The van der Waals surface area contributed by atoms with Crippen molar-refractivity contribution in [2.24, 2.45) is 17.8 Å². The first-order chi connectivity index (χ1) is 7.91. The summed E-state index contributed by atoms with van der Waals surface area (Å²) in [4.78, 5) is 11.0. The van der Waals surface area contributed by atoms with Crippen LogP contribution in [0.2, 0.25) is 0 Å². The lowest BCUT2D eigenvalue weighted by atomic mass is 9.77. The minimum Gasteiger partial charge on any atom is -0.307 e. The van der Waals surface area contributed by atoms with Crippen molar-refractivity contribution in [3.63, 3.8) is 0 Å². The van der Waals surface area contributed by atoms with E-state index in [0.29, 0.717) is 30.3 Å². The van der Waals surface area contributed by atoms with Crippen LogP contribution in [-0.2, 0) is 4.79 Å². The van der Waals surface area contributed by atoms with E-state index in [1.165, 1.54) is 12.8 Å². The minimum absolute atomic E-state index is 0.211. The number of carbonyl (C=O) groups is 1. The van der Waals surface area contributed by atoms with E-state index in [-0.39, 0.29) is 5.78 Å². The van der Waals surface area contributed by atoms with E-state index in [1.54, 1.807) is 12.5 Å². The van der Waals surface area contributed by atoms with Gasteiger partial charge in [0.25, 0.3) is 0 Å². The number of Topliss-reactive ketones (excluding diaryl/α,β-unsaturated/α-hetero) is 1. The second kappa shape index (κ2) is 6.34. The average Bonchev–Trinajstić information content (AvgIpc) is 2.28. The van der Waals surface area contributed by atoms with Gasteiger partial charge in [0.2, 0.25) is 0 Å². The Labute approximate surface area is 106 Å². The smallest absolute Gasteiger partial charge is 0.143 e. The standard InChI is InChI=1S/C15H27NO/c1-10-6-7-11(2)15(8-10)13(4)14(5)16-9-12(3)17/h8,10-11,13-14,16H,6-7,9H2,1-5H3. The summed E-state index contributed by atoms with van der Waals surface area (Å²) in [5.74, 6) is 2.14. The van der Waals surface area contributed by atoms with Crippen molar-refractivity contribution in [3.8, 4) is 0 Å². The zero-order valence-corrected chi connectivity index (χ0v) is 11.9. The molecule has 1 N–H and O–H groups in total. The number of carbonyl (C=O) groups excluding carboxylic acids is 1. The molecule has 2 heteroatoms. The molecular formula is C15H27NO. The molecule has 0 spiro atoms. The van der Waals surface area contributed by atoms with E-state index in [1.807, 2.05) is 0 Å². The zero-order valence-electron chi connectivity index (χ0n) is 11.9. The van der Waals surface area contributed by atoms with Crippen LogP contribution in [0.1, 0.15) is 47.5 Å². The fourth-order valence-electron chi connectivity index (χ4n) is 2.63. The average molecular weight is 237 g/mol. The summed E-state index contributed by atoms with van der Waals surface area (Å²) in [6.45, 7) is 11.2. The van der Waals surface area contributed by atoms with Gasteiger partial charge in [-0.15, -0.1) is 0 Å². The van der Waals surface area contributed by atoms with Crippen LogP contribution in [0.5, 0.6) is 0 Å². The fraction of sp³-hybridized carbons (Fsp3) is 0.800. The van der Waals surface area contributed by atoms with Crippen LogP contribution < -0.4 is 5.32 Å². The third kappa shape index (κ3) is 4.27. The van der Waals surface area contributed by atoms with Crippen LogP contribution in [0.3, 0.4) is 0 Å². The van der Waals surface area contributed by atoms with Gasteiger partial charge in [-0.2, -0.15) is 0 Å². The maximum absolute atomic E-state index is 11.0. The van der Waals surface area contributed by atoms with Crippen molar-refractivity contribution in [2.45, 2.75) is 53.5 Å². The monoisotopic (exact) mass is 237 g/mol. The molecule has 0 amide bonds. The quantitative estimate of drug-likeness (QED) is 0.744. The summed E-state index contributed by atoms with van der Waals surface area (Å²) >= 11 is 0. The van der Waals surface area contributed by atoms with Gasteiger partial charge in [0.15, 0.2) is 0 Å². The lowest BCUT2D eigenvalue weighted by molar-refractivity contribution is -0.116. The number of ketones is 1. The Morgan fingerprint density at radius 1 is 1.41 bits per heavy atom. The summed E-state index contributed by atoms with van der Waals surface area (Å²) in [5.41, 5.74) is 1.58. The van der Waals surface area contributed by atoms with Gasteiger partial charge in [0.1, 0.15) is 5.78 Å². The summed E-state index contributed by atoms with van der Waals surface area (Å²) in [5, 5.41) is 3.32. The molecule has 0 bridgehead atoms. The number of nitrogens with one attached hydrogen (secondary N) is 1. The van der Waals surface area contributed by atoms with Crippen LogP contribution in [0.4, 0.5) is 0 Å². The van der Waals surface area contributed by atoms with Crippen molar-refractivity contribution in [2.75, 3.05) is 6.54 Å². The van der Waals surface area contributed by atoms with Gasteiger partial charge in [0.05, 0.1) is 6.54 Å². The number of rotatable bonds is 5. The Morgan fingerprint density at radius 2 is 2.06 bits per heavy atom. The maximum Gasteiger partial charge on any atom is 0.143 e. The van der Waals surface area contributed by atoms with Gasteiger partial charge >= 0.3 is 0 Å². The van der Waals surface area contributed by atoms with Crippen molar-refractivity contribution < 1.29 is 4.79 Å². The molecule has 0 heterocycles. The molecule has 0 radical (unpaired) electrons. The van der Waals surface area contributed by atoms with Gasteiger partial charge < -0.3 is 5.32 Å². The Kier molecular flexibility index (Phi) is 5.38. The molecule has 0 saturated carbocycles. The second-order valence-corrected chi connectivity index (χ2v) is 5.78. The Bertz CT molecular complexity index is 295. The van der Waals surface area contributed by atoms with Crippen molar-refractivity contribution in [3.05, 3.63) is 11.6 Å². The molecule has 1 aliphatic rings. The Hall–Kier alpha value is -0.630. The lowest BCUT2D eigenvalue weighted by Gasteiger charge is -2.32. The van der Waals surface area contributed by atoms with E-state index >= 15 is 0 Å². The molecule has 1 rings (SSSR count). The first kappa shape index (κ1) is 14.4. The summed E-state index contributed by atoms with van der Waals surface area (Å²) in [7, 11) is 0. The second-order valence-electron chi connectivity index (χ2n) is 5.78. The van der Waals surface area contributed by atoms with E-state index in [4.69, 9.17) is 0 Å². The summed E-state index contributed by atoms with van der Waals surface area (Å²) in [6.07, 6.45) is 5.06. The number of hydrogen-bond acceptors (Lipinski definition) is 2. The Balaban J connectivity index is 2.61. The van der Waals surface area contributed by atoms with Gasteiger partial charge in [0, 0.05) is 6.04 Å². The molecule has 0 aromatic carbocycles. The molecule has 0 saturated heterocycles. The zero-order chi connectivity index (χ0) is 13.0. The van der Waals surface area contributed by atoms with E-state index in [0.717, 1.165) is 0 Å². The number of hydrogen-bond donors (Lipinski definition) is 1. The molecule has 4 atom stereocenters. The molecule has 0 aromatic rings.